The Morgan fingerprint density at radius 1 is 1.07 bits per heavy atom. The molecular weight excluding hydrogens is 364 g/mol. The molecule has 0 aliphatic heterocycles. The van der Waals surface area contributed by atoms with Crippen molar-refractivity contribution < 1.29 is 13.9 Å². The maximum atomic E-state index is 12.4. The molecule has 0 spiro atoms. The minimum atomic E-state index is -0.246. The number of aromatic nitrogens is 1. The number of ether oxygens (including phenoxy) is 1. The molecule has 146 valence electrons. The molecule has 0 unspecified atom stereocenters. The van der Waals surface area contributed by atoms with E-state index >= 15 is 0 Å². The monoisotopic (exact) mass is 386 g/mol. The standard InChI is InChI=1S/C24H22N2O3/c1-3-17-9-11-18(12-10-17)28-15-23(27)25-20-7-5-4-6-19(20)24-26-21-14-16(2)8-13-22(21)29-24/h4-14H,3,15H2,1-2H3,(H,25,27). The number of benzene rings is 3. The van der Waals surface area contributed by atoms with Crippen LogP contribution in [0, 0.1) is 6.92 Å². The van der Waals surface area contributed by atoms with Crippen molar-refractivity contribution in [2.75, 3.05) is 11.9 Å². The Balaban J connectivity index is 1.49. The first kappa shape index (κ1) is 18.7. The van der Waals surface area contributed by atoms with Crippen molar-refractivity contribution in [3.8, 4) is 17.2 Å². The van der Waals surface area contributed by atoms with Gasteiger partial charge in [0.15, 0.2) is 12.2 Å². The lowest BCUT2D eigenvalue weighted by Crippen LogP contribution is -2.20. The van der Waals surface area contributed by atoms with E-state index in [0.717, 1.165) is 23.1 Å². The summed E-state index contributed by atoms with van der Waals surface area (Å²) in [5.74, 6) is 0.890. The SMILES string of the molecule is CCc1ccc(OCC(=O)Nc2ccccc2-c2nc3cc(C)ccc3o2)cc1. The smallest absolute Gasteiger partial charge is 0.262 e. The Morgan fingerprint density at radius 2 is 1.86 bits per heavy atom. The van der Waals surface area contributed by atoms with E-state index in [4.69, 9.17) is 9.15 Å². The molecule has 0 aliphatic carbocycles. The predicted molar refractivity (Wildman–Crippen MR) is 114 cm³/mol. The summed E-state index contributed by atoms with van der Waals surface area (Å²) in [7, 11) is 0. The summed E-state index contributed by atoms with van der Waals surface area (Å²) in [4.78, 5) is 17.0. The van der Waals surface area contributed by atoms with Crippen LogP contribution in [0.2, 0.25) is 0 Å². The van der Waals surface area contributed by atoms with Gasteiger partial charge >= 0.3 is 0 Å². The normalized spacial score (nSPS) is 10.8. The molecule has 0 bridgehead atoms. The maximum Gasteiger partial charge on any atom is 0.262 e. The average Bonchev–Trinajstić information content (AvgIpc) is 3.16. The van der Waals surface area contributed by atoms with Crippen LogP contribution in [0.3, 0.4) is 0 Å². The lowest BCUT2D eigenvalue weighted by Gasteiger charge is -2.10. The zero-order chi connectivity index (χ0) is 20.2. The summed E-state index contributed by atoms with van der Waals surface area (Å²) in [6, 6.07) is 21.0. The molecule has 0 atom stereocenters. The van der Waals surface area contributed by atoms with Crippen LogP contribution >= 0.6 is 0 Å². The highest BCUT2D eigenvalue weighted by Crippen LogP contribution is 2.30. The van der Waals surface area contributed by atoms with Gasteiger partial charge in [0.25, 0.3) is 5.91 Å². The van der Waals surface area contributed by atoms with E-state index in [-0.39, 0.29) is 12.5 Å². The summed E-state index contributed by atoms with van der Waals surface area (Å²) in [5.41, 5.74) is 5.20. The molecule has 0 aliphatic rings. The van der Waals surface area contributed by atoms with Gasteiger partial charge in [-0.1, -0.05) is 37.3 Å². The van der Waals surface area contributed by atoms with Crippen molar-refractivity contribution in [1.29, 1.82) is 0 Å². The van der Waals surface area contributed by atoms with Crippen LogP contribution in [0.5, 0.6) is 5.75 Å². The number of hydrogen-bond donors (Lipinski definition) is 1. The first-order valence-electron chi connectivity index (χ1n) is 9.60. The molecule has 0 saturated carbocycles. The van der Waals surface area contributed by atoms with Crippen molar-refractivity contribution in [3.63, 3.8) is 0 Å². The summed E-state index contributed by atoms with van der Waals surface area (Å²) in [5, 5.41) is 2.89. The third-order valence-electron chi connectivity index (χ3n) is 4.68. The van der Waals surface area contributed by atoms with E-state index in [1.54, 1.807) is 0 Å². The topological polar surface area (TPSA) is 64.4 Å². The number of hydrogen-bond acceptors (Lipinski definition) is 4. The van der Waals surface area contributed by atoms with Crippen LogP contribution < -0.4 is 10.1 Å². The fraction of sp³-hybridized carbons (Fsp3) is 0.167. The van der Waals surface area contributed by atoms with Gasteiger partial charge in [-0.05, 0) is 60.9 Å². The highest BCUT2D eigenvalue weighted by Gasteiger charge is 2.14. The van der Waals surface area contributed by atoms with E-state index in [1.807, 2.05) is 73.7 Å². The molecule has 5 heteroatoms. The fourth-order valence-corrected chi connectivity index (χ4v) is 3.09. The van der Waals surface area contributed by atoms with Crippen LogP contribution in [0.1, 0.15) is 18.1 Å². The van der Waals surface area contributed by atoms with Gasteiger partial charge in [-0.2, -0.15) is 0 Å². The lowest BCUT2D eigenvalue weighted by molar-refractivity contribution is -0.118. The number of nitrogens with one attached hydrogen (secondary N) is 1. The minimum absolute atomic E-state index is 0.0768. The summed E-state index contributed by atoms with van der Waals surface area (Å²) >= 11 is 0. The van der Waals surface area contributed by atoms with E-state index in [1.165, 1.54) is 5.56 Å². The zero-order valence-corrected chi connectivity index (χ0v) is 16.4. The molecule has 0 radical (unpaired) electrons. The van der Waals surface area contributed by atoms with Gasteiger partial charge in [-0.25, -0.2) is 4.98 Å². The van der Waals surface area contributed by atoms with Gasteiger partial charge in [0.1, 0.15) is 11.3 Å². The van der Waals surface area contributed by atoms with Gasteiger partial charge in [0.05, 0.1) is 11.3 Å². The number of carbonyl (C=O) groups excluding carboxylic acids is 1. The molecule has 4 aromatic rings. The van der Waals surface area contributed by atoms with Gasteiger partial charge < -0.3 is 14.5 Å². The van der Waals surface area contributed by atoms with Crippen molar-refractivity contribution in [1.82, 2.24) is 4.98 Å². The Morgan fingerprint density at radius 3 is 2.66 bits per heavy atom. The van der Waals surface area contributed by atoms with Crippen molar-refractivity contribution in [2.45, 2.75) is 20.3 Å². The molecule has 1 aromatic heterocycles. The summed E-state index contributed by atoms with van der Waals surface area (Å²) in [6.07, 6.45) is 0.965. The highest BCUT2D eigenvalue weighted by molar-refractivity contribution is 5.96. The van der Waals surface area contributed by atoms with Crippen LogP contribution in [-0.2, 0) is 11.2 Å². The number of aryl methyl sites for hydroxylation is 2. The molecular formula is C24H22N2O3. The number of nitrogens with zero attached hydrogens (tertiary/aromatic N) is 1. The molecule has 0 fully saturated rings. The quantitative estimate of drug-likeness (QED) is 0.483. The molecule has 29 heavy (non-hydrogen) atoms. The number of fused-ring (bicyclic) bond motifs is 1. The van der Waals surface area contributed by atoms with E-state index in [0.29, 0.717) is 22.9 Å². The molecule has 1 amide bonds. The Hall–Kier alpha value is -3.60. The highest BCUT2D eigenvalue weighted by atomic mass is 16.5. The van der Waals surface area contributed by atoms with Gasteiger partial charge in [-0.3, -0.25) is 4.79 Å². The Bertz CT molecular complexity index is 1150. The van der Waals surface area contributed by atoms with E-state index in [9.17, 15) is 4.79 Å². The summed E-state index contributed by atoms with van der Waals surface area (Å²) in [6.45, 7) is 4.03. The number of para-hydroxylation sites is 1. The lowest BCUT2D eigenvalue weighted by atomic mass is 10.1. The van der Waals surface area contributed by atoms with Crippen LogP contribution in [0.4, 0.5) is 5.69 Å². The second-order valence-corrected chi connectivity index (χ2v) is 6.87. The van der Waals surface area contributed by atoms with Gasteiger partial charge in [0.2, 0.25) is 5.89 Å². The molecule has 5 nitrogen and oxygen atoms in total. The Kier molecular flexibility index (Phi) is 5.29. The molecule has 3 aromatic carbocycles. The number of amides is 1. The van der Waals surface area contributed by atoms with Gasteiger partial charge in [-0.15, -0.1) is 0 Å². The third kappa shape index (κ3) is 4.29. The molecule has 1 N–H and O–H groups in total. The maximum absolute atomic E-state index is 12.4. The first-order valence-corrected chi connectivity index (χ1v) is 9.60. The minimum Gasteiger partial charge on any atom is -0.484 e. The van der Waals surface area contributed by atoms with E-state index < -0.39 is 0 Å². The predicted octanol–water partition coefficient (Wildman–Crippen LogP) is 5.38. The van der Waals surface area contributed by atoms with Crippen LogP contribution in [0.25, 0.3) is 22.6 Å². The number of rotatable bonds is 6. The zero-order valence-electron chi connectivity index (χ0n) is 16.4. The third-order valence-corrected chi connectivity index (χ3v) is 4.68. The van der Waals surface area contributed by atoms with E-state index in [2.05, 4.69) is 17.2 Å². The fourth-order valence-electron chi connectivity index (χ4n) is 3.09. The number of anilines is 1. The van der Waals surface area contributed by atoms with Crippen molar-refractivity contribution >= 4 is 22.7 Å². The second kappa shape index (κ2) is 8.19. The van der Waals surface area contributed by atoms with Crippen molar-refractivity contribution in [3.05, 3.63) is 77.9 Å². The van der Waals surface area contributed by atoms with Crippen LogP contribution in [-0.4, -0.2) is 17.5 Å². The molecule has 4 rings (SSSR count). The number of oxazole rings is 1. The number of carbonyl (C=O) groups is 1. The Labute approximate surface area is 169 Å². The first-order chi connectivity index (χ1) is 14.1. The van der Waals surface area contributed by atoms with Gasteiger partial charge in [0, 0.05) is 0 Å². The largest absolute Gasteiger partial charge is 0.484 e. The molecule has 0 saturated heterocycles. The average molecular weight is 386 g/mol. The summed E-state index contributed by atoms with van der Waals surface area (Å²) < 4.78 is 11.5. The van der Waals surface area contributed by atoms with Crippen LogP contribution in [0.15, 0.2) is 71.1 Å². The van der Waals surface area contributed by atoms with Crippen molar-refractivity contribution in [2.24, 2.45) is 0 Å². The molecule has 1 heterocycles. The second-order valence-electron chi connectivity index (χ2n) is 6.87.